The van der Waals surface area contributed by atoms with Crippen LogP contribution in [0, 0.1) is 28.0 Å². The van der Waals surface area contributed by atoms with Gasteiger partial charge in [0, 0.05) is 68.4 Å². The second kappa shape index (κ2) is 10.7. The highest BCUT2D eigenvalue weighted by Gasteiger charge is 2.27. The number of allylic oxidation sites excluding steroid dienone is 1. The molecule has 1 amide bonds. The highest BCUT2D eigenvalue weighted by atomic mass is 19.1. The van der Waals surface area contributed by atoms with Crippen LogP contribution in [0.15, 0.2) is 29.6 Å². The Morgan fingerprint density at radius 1 is 1.42 bits per heavy atom. The van der Waals surface area contributed by atoms with E-state index < -0.39 is 5.82 Å². The van der Waals surface area contributed by atoms with Gasteiger partial charge in [-0.15, -0.1) is 0 Å². The number of rotatable bonds is 7. The van der Waals surface area contributed by atoms with E-state index in [0.29, 0.717) is 37.3 Å². The number of hydrogen-bond donors (Lipinski definition) is 5. The molecule has 3 rings (SSSR count). The normalized spacial score (nSPS) is 18.5. The molecule has 1 fully saturated rings. The summed E-state index contributed by atoms with van der Waals surface area (Å²) in [6.45, 7) is 3.49. The summed E-state index contributed by atoms with van der Waals surface area (Å²) in [6.07, 6.45) is 3.95. The van der Waals surface area contributed by atoms with Crippen LogP contribution in [-0.2, 0) is 9.53 Å². The van der Waals surface area contributed by atoms with E-state index >= 15 is 0 Å². The van der Waals surface area contributed by atoms with Gasteiger partial charge in [-0.2, -0.15) is 5.26 Å². The van der Waals surface area contributed by atoms with Crippen molar-refractivity contribution in [2.24, 2.45) is 0 Å². The van der Waals surface area contributed by atoms with Crippen molar-refractivity contribution in [1.82, 2.24) is 15.5 Å². The predicted molar refractivity (Wildman–Crippen MR) is 125 cm³/mol. The number of anilines is 1. The van der Waals surface area contributed by atoms with Crippen molar-refractivity contribution in [3.8, 4) is 6.07 Å². The van der Waals surface area contributed by atoms with Gasteiger partial charge in [0.15, 0.2) is 0 Å². The number of nitriles is 1. The first-order valence-electron chi connectivity index (χ1n) is 10.7. The van der Waals surface area contributed by atoms with E-state index in [1.807, 2.05) is 6.07 Å². The second-order valence-corrected chi connectivity index (χ2v) is 7.87. The fourth-order valence-corrected chi connectivity index (χ4v) is 3.88. The van der Waals surface area contributed by atoms with Crippen LogP contribution in [0.25, 0.3) is 5.57 Å². The minimum Gasteiger partial charge on any atom is -0.393 e. The molecule has 1 aromatic rings. The molecular weight excluding hydrogens is 425 g/mol. The Bertz CT molecular complexity index is 1050. The zero-order valence-corrected chi connectivity index (χ0v) is 18.7. The first-order chi connectivity index (χ1) is 15.9. The van der Waals surface area contributed by atoms with Crippen LogP contribution in [0.3, 0.4) is 0 Å². The van der Waals surface area contributed by atoms with Gasteiger partial charge in [-0.1, -0.05) is 0 Å². The van der Waals surface area contributed by atoms with Crippen molar-refractivity contribution in [1.29, 1.82) is 16.1 Å². The van der Waals surface area contributed by atoms with Gasteiger partial charge in [0.25, 0.3) is 0 Å². The Hall–Kier alpha value is -3.71. The van der Waals surface area contributed by atoms with E-state index in [0.717, 1.165) is 18.3 Å². The predicted octanol–water partition coefficient (Wildman–Crippen LogP) is 2.18. The first-order valence-corrected chi connectivity index (χ1v) is 10.7. The van der Waals surface area contributed by atoms with Crippen LogP contribution in [0.1, 0.15) is 30.9 Å². The average molecular weight is 454 g/mol. The summed E-state index contributed by atoms with van der Waals surface area (Å²) in [7, 11) is 1.65. The van der Waals surface area contributed by atoms with Gasteiger partial charge in [0.1, 0.15) is 11.7 Å². The fraction of sp³-hybridized carbons (Fsp3) is 0.391. The topological polar surface area (TPSA) is 137 Å². The molecule has 0 saturated carbocycles. The molecule has 1 atom stereocenters. The third kappa shape index (κ3) is 5.56. The van der Waals surface area contributed by atoms with E-state index in [-0.39, 0.29) is 41.1 Å². The summed E-state index contributed by atoms with van der Waals surface area (Å²) in [4.78, 5) is 13.6. The van der Waals surface area contributed by atoms with Crippen molar-refractivity contribution < 1.29 is 13.9 Å². The summed E-state index contributed by atoms with van der Waals surface area (Å²) in [5, 5.41) is 34.7. The van der Waals surface area contributed by atoms with Crippen LogP contribution >= 0.6 is 0 Å². The van der Waals surface area contributed by atoms with Gasteiger partial charge in [-0.25, -0.2) is 4.39 Å². The number of carbonyl (C=O) groups is 1. The molecular formula is C23H28FN7O2. The highest BCUT2D eigenvalue weighted by molar-refractivity contribution is 6.10. The Balaban J connectivity index is 1.91. The number of nitrogens with zero attached hydrogens (tertiary/aromatic N) is 2. The van der Waals surface area contributed by atoms with Gasteiger partial charge in [-0.05, 0) is 18.6 Å². The molecule has 9 nitrogen and oxygen atoms in total. The average Bonchev–Trinajstić information content (AvgIpc) is 3.31. The molecule has 1 unspecified atom stereocenters. The Morgan fingerprint density at radius 2 is 2.21 bits per heavy atom. The largest absolute Gasteiger partial charge is 0.393 e. The summed E-state index contributed by atoms with van der Waals surface area (Å²) in [5.74, 6) is -0.798. The second-order valence-electron chi connectivity index (χ2n) is 7.87. The lowest BCUT2D eigenvalue weighted by molar-refractivity contribution is -0.128. The summed E-state index contributed by atoms with van der Waals surface area (Å²) in [5.41, 5.74) is 2.18. The van der Waals surface area contributed by atoms with Crippen molar-refractivity contribution in [3.63, 3.8) is 0 Å². The number of hydrogen-bond acceptors (Lipinski definition) is 7. The van der Waals surface area contributed by atoms with Gasteiger partial charge in [-0.3, -0.25) is 10.2 Å². The molecule has 0 aromatic heterocycles. The summed E-state index contributed by atoms with van der Waals surface area (Å²) < 4.78 is 20.4. The van der Waals surface area contributed by atoms with Crippen LogP contribution in [-0.4, -0.2) is 62.3 Å². The summed E-state index contributed by atoms with van der Waals surface area (Å²) in [6, 6.07) is 4.66. The molecule has 1 aromatic carbocycles. The standard InChI is InChI=1S/C23H28FN7O2/c1-14(32)31-5-3-21(29-17-4-6-33-13-17)19(12-31)23(27)30-22-7-15(9-25)18(8-20(22)24)16(10-26)11-28-2/h7-8,10-11,17,26,28-29H,3-6,12-13H2,1-2H3,(H2,27,30)/b16-11+,26-10?. The molecule has 0 aliphatic carbocycles. The zero-order valence-electron chi connectivity index (χ0n) is 18.7. The van der Waals surface area contributed by atoms with Crippen LogP contribution in [0.5, 0.6) is 0 Å². The SMILES string of the molecule is CN/C=C(\C=N)c1cc(F)c(NC(=N)C2=C(NC3CCOC3)CCN(C(C)=O)C2)cc1C#N. The maximum Gasteiger partial charge on any atom is 0.219 e. The van der Waals surface area contributed by atoms with E-state index in [2.05, 4.69) is 16.0 Å². The quantitative estimate of drug-likeness (QED) is 0.317. The molecule has 0 radical (unpaired) electrons. The van der Waals surface area contributed by atoms with Crippen LogP contribution in [0.4, 0.5) is 10.1 Å². The molecule has 1 saturated heterocycles. The molecule has 0 spiro atoms. The van der Waals surface area contributed by atoms with Gasteiger partial charge in [0.05, 0.1) is 36.5 Å². The molecule has 2 heterocycles. The molecule has 5 N–H and O–H groups in total. The van der Waals surface area contributed by atoms with Gasteiger partial charge < -0.3 is 31.0 Å². The lowest BCUT2D eigenvalue weighted by Crippen LogP contribution is -2.42. The zero-order chi connectivity index (χ0) is 24.0. The Morgan fingerprint density at radius 3 is 2.82 bits per heavy atom. The first kappa shape index (κ1) is 23.9. The van der Waals surface area contributed by atoms with Gasteiger partial charge in [0.2, 0.25) is 5.91 Å². The number of amides is 1. The fourth-order valence-electron chi connectivity index (χ4n) is 3.88. The number of halogens is 1. The van der Waals surface area contributed by atoms with E-state index in [1.54, 1.807) is 11.9 Å². The molecule has 10 heteroatoms. The molecule has 2 aliphatic rings. The molecule has 33 heavy (non-hydrogen) atoms. The number of amidine groups is 1. The number of benzene rings is 1. The van der Waals surface area contributed by atoms with Crippen LogP contribution < -0.4 is 16.0 Å². The smallest absolute Gasteiger partial charge is 0.219 e. The van der Waals surface area contributed by atoms with Gasteiger partial charge >= 0.3 is 0 Å². The molecule has 174 valence electrons. The minimum atomic E-state index is -0.656. The van der Waals surface area contributed by atoms with Crippen molar-refractivity contribution in [2.75, 3.05) is 38.7 Å². The number of ether oxygens (including phenoxy) is 1. The van der Waals surface area contributed by atoms with E-state index in [1.165, 1.54) is 25.3 Å². The third-order valence-corrected chi connectivity index (χ3v) is 5.65. The monoisotopic (exact) mass is 453 g/mol. The third-order valence-electron chi connectivity index (χ3n) is 5.65. The Kier molecular flexibility index (Phi) is 7.79. The lowest BCUT2D eigenvalue weighted by atomic mass is 9.99. The van der Waals surface area contributed by atoms with Crippen LogP contribution in [0.2, 0.25) is 0 Å². The highest BCUT2D eigenvalue weighted by Crippen LogP contribution is 2.26. The van der Waals surface area contributed by atoms with Crippen molar-refractivity contribution in [2.45, 2.75) is 25.8 Å². The van der Waals surface area contributed by atoms with Crippen molar-refractivity contribution >= 4 is 29.2 Å². The minimum absolute atomic E-state index is 0.0231. The maximum absolute atomic E-state index is 15.0. The number of carbonyl (C=O) groups excluding carboxylic acids is 1. The summed E-state index contributed by atoms with van der Waals surface area (Å²) >= 11 is 0. The van der Waals surface area contributed by atoms with E-state index in [4.69, 9.17) is 15.6 Å². The Labute approximate surface area is 192 Å². The number of nitrogens with one attached hydrogen (secondary N) is 5. The lowest BCUT2D eigenvalue weighted by Gasteiger charge is -2.32. The van der Waals surface area contributed by atoms with E-state index in [9.17, 15) is 14.4 Å². The molecule has 0 bridgehead atoms. The molecule has 2 aliphatic heterocycles. The maximum atomic E-state index is 15.0. The van der Waals surface area contributed by atoms with Crippen molar-refractivity contribution in [3.05, 3.63) is 46.5 Å².